The van der Waals surface area contributed by atoms with Crippen LogP contribution in [0.1, 0.15) is 28.1 Å². The highest BCUT2D eigenvalue weighted by Crippen LogP contribution is 2.32. The molecule has 24 heavy (non-hydrogen) atoms. The molecule has 1 spiro atoms. The van der Waals surface area contributed by atoms with Crippen molar-refractivity contribution >= 4 is 34.7 Å². The van der Waals surface area contributed by atoms with Gasteiger partial charge in [-0.15, -0.1) is 11.3 Å². The number of hydrogen-bond acceptors (Lipinski definition) is 5. The summed E-state index contributed by atoms with van der Waals surface area (Å²) < 4.78 is 0. The lowest BCUT2D eigenvalue weighted by Gasteiger charge is -2.35. The number of carbonyl (C=O) groups is 1. The quantitative estimate of drug-likeness (QED) is 0.892. The van der Waals surface area contributed by atoms with Crippen LogP contribution in [0.3, 0.4) is 0 Å². The zero-order valence-electron chi connectivity index (χ0n) is 12.9. The molecule has 1 amide bonds. The average molecular weight is 362 g/mol. The highest BCUT2D eigenvalue weighted by Gasteiger charge is 2.41. The number of benzene rings is 1. The van der Waals surface area contributed by atoms with Gasteiger partial charge in [0.25, 0.3) is 5.91 Å². The van der Waals surface area contributed by atoms with Gasteiger partial charge in [-0.1, -0.05) is 17.7 Å². The van der Waals surface area contributed by atoms with Gasteiger partial charge in [-0.25, -0.2) is 15.3 Å². The number of piperidine rings is 1. The number of carbonyl (C=O) groups excluding carboxylic acids is 1. The van der Waals surface area contributed by atoms with Crippen LogP contribution in [-0.2, 0) is 4.84 Å². The van der Waals surface area contributed by atoms with Gasteiger partial charge in [-0.05, 0) is 35.7 Å². The Morgan fingerprint density at radius 3 is 2.67 bits per heavy atom. The van der Waals surface area contributed by atoms with Crippen LogP contribution in [0.15, 0.2) is 46.8 Å². The molecule has 1 aromatic carbocycles. The van der Waals surface area contributed by atoms with Crippen LogP contribution >= 0.6 is 22.9 Å². The minimum absolute atomic E-state index is 0.0905. The van der Waals surface area contributed by atoms with Crippen LogP contribution in [0.4, 0.5) is 0 Å². The SMILES string of the molecule is O=C(c1cccs1)N1CCC2(CC1)N=C(c1ccc(Cl)cc1)NO2. The maximum Gasteiger partial charge on any atom is 0.263 e. The average Bonchev–Trinajstić information content (AvgIpc) is 3.26. The van der Waals surface area contributed by atoms with E-state index < -0.39 is 5.72 Å². The van der Waals surface area contributed by atoms with E-state index in [2.05, 4.69) is 5.48 Å². The molecule has 0 saturated carbocycles. The van der Waals surface area contributed by atoms with Crippen molar-refractivity contribution in [3.8, 4) is 0 Å². The van der Waals surface area contributed by atoms with Gasteiger partial charge in [0.1, 0.15) is 0 Å². The number of halogens is 1. The molecule has 5 nitrogen and oxygen atoms in total. The highest BCUT2D eigenvalue weighted by molar-refractivity contribution is 7.12. The van der Waals surface area contributed by atoms with Crippen molar-refractivity contribution in [1.82, 2.24) is 10.4 Å². The van der Waals surface area contributed by atoms with E-state index >= 15 is 0 Å². The van der Waals surface area contributed by atoms with Crippen molar-refractivity contribution in [3.63, 3.8) is 0 Å². The lowest BCUT2D eigenvalue weighted by molar-refractivity contribution is -0.0849. The summed E-state index contributed by atoms with van der Waals surface area (Å²) in [6, 6.07) is 11.2. The standard InChI is InChI=1S/C17H16ClN3O2S/c18-13-5-3-12(4-6-13)15-19-17(23-20-15)7-9-21(10-8-17)16(22)14-2-1-11-24-14/h1-6,11H,7-10H2,(H,19,20). The van der Waals surface area contributed by atoms with Gasteiger partial charge in [-0.3, -0.25) is 4.79 Å². The molecule has 1 aromatic heterocycles. The third-order valence-corrected chi connectivity index (χ3v) is 5.44. The second-order valence-corrected chi connectivity index (χ2v) is 7.27. The fourth-order valence-electron chi connectivity index (χ4n) is 2.95. The lowest BCUT2D eigenvalue weighted by Crippen LogP contribution is -2.46. The largest absolute Gasteiger partial charge is 0.338 e. The van der Waals surface area contributed by atoms with Crippen LogP contribution in [-0.4, -0.2) is 35.5 Å². The predicted octanol–water partition coefficient (Wildman–Crippen LogP) is 3.32. The molecule has 2 aliphatic rings. The van der Waals surface area contributed by atoms with Crippen molar-refractivity contribution in [2.75, 3.05) is 13.1 Å². The van der Waals surface area contributed by atoms with Gasteiger partial charge in [0.15, 0.2) is 11.6 Å². The van der Waals surface area contributed by atoms with E-state index in [4.69, 9.17) is 21.4 Å². The van der Waals surface area contributed by atoms with Crippen LogP contribution in [0.25, 0.3) is 0 Å². The summed E-state index contributed by atoms with van der Waals surface area (Å²) in [7, 11) is 0. The van der Waals surface area contributed by atoms with Crippen LogP contribution in [0.5, 0.6) is 0 Å². The smallest absolute Gasteiger partial charge is 0.263 e. The molecule has 7 heteroatoms. The Morgan fingerprint density at radius 2 is 2.00 bits per heavy atom. The molecule has 0 unspecified atom stereocenters. The summed E-state index contributed by atoms with van der Waals surface area (Å²) in [6.45, 7) is 1.27. The van der Waals surface area contributed by atoms with Gasteiger partial charge in [0, 0.05) is 36.5 Å². The predicted molar refractivity (Wildman–Crippen MR) is 94.4 cm³/mol. The normalized spacial score (nSPS) is 19.2. The topological polar surface area (TPSA) is 53.9 Å². The molecule has 3 heterocycles. The van der Waals surface area contributed by atoms with Gasteiger partial charge < -0.3 is 4.90 Å². The first-order valence-electron chi connectivity index (χ1n) is 7.78. The van der Waals surface area contributed by atoms with Crippen molar-refractivity contribution < 1.29 is 9.63 Å². The molecule has 0 aliphatic carbocycles. The van der Waals surface area contributed by atoms with E-state index in [0.29, 0.717) is 36.8 Å². The van der Waals surface area contributed by atoms with Crippen LogP contribution in [0.2, 0.25) is 5.02 Å². The van der Waals surface area contributed by atoms with Gasteiger partial charge >= 0.3 is 0 Å². The number of aliphatic imine (C=N–C) groups is 1. The number of rotatable bonds is 2. The first-order chi connectivity index (χ1) is 11.7. The number of likely N-dealkylation sites (tertiary alicyclic amines) is 1. The van der Waals surface area contributed by atoms with E-state index in [9.17, 15) is 4.79 Å². The molecule has 0 atom stereocenters. The second kappa shape index (κ2) is 6.20. The molecule has 2 aliphatic heterocycles. The first-order valence-corrected chi connectivity index (χ1v) is 9.04. The van der Waals surface area contributed by atoms with Crippen molar-refractivity contribution in [2.24, 2.45) is 4.99 Å². The van der Waals surface area contributed by atoms with Gasteiger partial charge in [0.05, 0.1) is 4.88 Å². The van der Waals surface area contributed by atoms with Crippen LogP contribution < -0.4 is 5.48 Å². The summed E-state index contributed by atoms with van der Waals surface area (Å²) in [6.07, 6.45) is 1.35. The Labute approximate surface area is 148 Å². The van der Waals surface area contributed by atoms with Crippen LogP contribution in [0, 0.1) is 0 Å². The number of amides is 1. The van der Waals surface area contributed by atoms with E-state index in [1.54, 1.807) is 0 Å². The number of hydrogen-bond donors (Lipinski definition) is 1. The molecule has 1 saturated heterocycles. The maximum atomic E-state index is 12.4. The maximum absolute atomic E-state index is 12.4. The molecule has 4 rings (SSSR count). The Hall–Kier alpha value is -1.89. The zero-order chi connectivity index (χ0) is 16.6. The van der Waals surface area contributed by atoms with Crippen molar-refractivity contribution in [3.05, 3.63) is 57.2 Å². The highest BCUT2D eigenvalue weighted by atomic mass is 35.5. The second-order valence-electron chi connectivity index (χ2n) is 5.89. The molecule has 124 valence electrons. The number of nitrogens with one attached hydrogen (secondary N) is 1. The van der Waals surface area contributed by atoms with Crippen molar-refractivity contribution in [2.45, 2.75) is 18.6 Å². The molecule has 1 fully saturated rings. The summed E-state index contributed by atoms with van der Waals surface area (Å²) in [4.78, 5) is 25.6. The van der Waals surface area contributed by atoms with E-state index in [-0.39, 0.29) is 5.91 Å². The fourth-order valence-corrected chi connectivity index (χ4v) is 3.77. The summed E-state index contributed by atoms with van der Waals surface area (Å²) in [5.74, 6) is 0.803. The van der Waals surface area contributed by atoms with E-state index in [1.807, 2.05) is 46.7 Å². The molecule has 0 radical (unpaired) electrons. The van der Waals surface area contributed by atoms with Gasteiger partial charge in [-0.2, -0.15) is 0 Å². The van der Waals surface area contributed by atoms with Gasteiger partial charge in [0.2, 0.25) is 0 Å². The Balaban J connectivity index is 1.45. The minimum atomic E-state index is -0.582. The fraction of sp³-hybridized carbons (Fsp3) is 0.294. The number of hydroxylamine groups is 1. The monoisotopic (exact) mass is 361 g/mol. The summed E-state index contributed by atoms with van der Waals surface area (Å²) in [5.41, 5.74) is 3.29. The number of nitrogens with zero attached hydrogens (tertiary/aromatic N) is 2. The summed E-state index contributed by atoms with van der Waals surface area (Å²) in [5, 5.41) is 2.61. The molecular formula is C17H16ClN3O2S. The van der Waals surface area contributed by atoms with E-state index in [0.717, 1.165) is 10.4 Å². The first kappa shape index (κ1) is 15.6. The molecule has 1 N–H and O–H groups in total. The lowest BCUT2D eigenvalue weighted by atomic mass is 10.0. The third kappa shape index (κ3) is 2.92. The Bertz CT molecular complexity index is 766. The Kier molecular flexibility index (Phi) is 4.04. The zero-order valence-corrected chi connectivity index (χ0v) is 14.4. The number of amidine groups is 1. The molecular weight excluding hydrogens is 346 g/mol. The Morgan fingerprint density at radius 1 is 1.25 bits per heavy atom. The third-order valence-electron chi connectivity index (χ3n) is 4.33. The van der Waals surface area contributed by atoms with Crippen molar-refractivity contribution in [1.29, 1.82) is 0 Å². The van der Waals surface area contributed by atoms with E-state index in [1.165, 1.54) is 11.3 Å². The molecule has 0 bridgehead atoms. The molecule has 2 aromatic rings. The summed E-state index contributed by atoms with van der Waals surface area (Å²) >= 11 is 7.39. The number of thiophene rings is 1. The minimum Gasteiger partial charge on any atom is -0.338 e.